The van der Waals surface area contributed by atoms with Crippen LogP contribution in [0.15, 0.2) is 42.5 Å². The molecule has 0 amide bonds. The zero-order valence-electron chi connectivity index (χ0n) is 10.9. The van der Waals surface area contributed by atoms with Gasteiger partial charge in [-0.05, 0) is 53.9 Å². The molecule has 0 heterocycles. The van der Waals surface area contributed by atoms with Crippen molar-refractivity contribution in [2.24, 2.45) is 0 Å². The summed E-state index contributed by atoms with van der Waals surface area (Å²) in [7, 11) is 0. The Kier molecular flexibility index (Phi) is 4.94. The number of hydrogen-bond acceptors (Lipinski definition) is 1. The van der Waals surface area contributed by atoms with Gasteiger partial charge in [-0.15, -0.1) is 0 Å². The fourth-order valence-electron chi connectivity index (χ4n) is 2.00. The highest BCUT2D eigenvalue weighted by molar-refractivity contribution is 6.30. The van der Waals surface area contributed by atoms with Crippen LogP contribution in [0.3, 0.4) is 0 Å². The molecule has 0 saturated carbocycles. The molecule has 0 radical (unpaired) electrons. The Bertz CT molecular complexity index is 537. The van der Waals surface area contributed by atoms with Crippen LogP contribution in [0, 0.1) is 5.82 Å². The van der Waals surface area contributed by atoms with Crippen molar-refractivity contribution in [3.05, 3.63) is 58.9 Å². The summed E-state index contributed by atoms with van der Waals surface area (Å²) >= 11 is 6.06. The Hall–Kier alpha value is -1.38. The average molecular weight is 278 g/mol. The maximum Gasteiger partial charge on any atom is 0.123 e. The summed E-state index contributed by atoms with van der Waals surface area (Å²) in [5.41, 5.74) is 3.21. The predicted molar refractivity (Wildman–Crippen MR) is 78.8 cm³/mol. The smallest absolute Gasteiger partial charge is 0.123 e. The summed E-state index contributed by atoms with van der Waals surface area (Å²) in [5, 5.41) is 4.07. The minimum atomic E-state index is -0.226. The molecule has 3 heteroatoms. The van der Waals surface area contributed by atoms with Gasteiger partial charge < -0.3 is 5.32 Å². The zero-order chi connectivity index (χ0) is 13.7. The molecule has 0 unspecified atom stereocenters. The van der Waals surface area contributed by atoms with Crippen molar-refractivity contribution in [2.45, 2.75) is 19.9 Å². The Balaban J connectivity index is 2.31. The van der Waals surface area contributed by atoms with Gasteiger partial charge in [0.1, 0.15) is 5.82 Å². The second-order valence-corrected chi connectivity index (χ2v) is 4.92. The summed E-state index contributed by atoms with van der Waals surface area (Å²) in [5.74, 6) is -0.226. The van der Waals surface area contributed by atoms with Crippen LogP contribution in [0.1, 0.15) is 18.9 Å². The maximum atomic E-state index is 13.0. The van der Waals surface area contributed by atoms with Crippen molar-refractivity contribution in [3.63, 3.8) is 0 Å². The molecule has 2 rings (SSSR count). The molecule has 0 fully saturated rings. The molecule has 0 aromatic heterocycles. The van der Waals surface area contributed by atoms with Crippen molar-refractivity contribution >= 4 is 11.6 Å². The first kappa shape index (κ1) is 14.0. The molecule has 1 N–H and O–H groups in total. The third kappa shape index (κ3) is 3.79. The molecule has 100 valence electrons. The fraction of sp³-hybridized carbons (Fsp3) is 0.250. The minimum Gasteiger partial charge on any atom is -0.313 e. The van der Waals surface area contributed by atoms with Crippen molar-refractivity contribution in [3.8, 4) is 11.1 Å². The third-order valence-electron chi connectivity index (χ3n) is 2.97. The van der Waals surface area contributed by atoms with E-state index in [2.05, 4.69) is 12.2 Å². The first-order valence-electron chi connectivity index (χ1n) is 6.46. The van der Waals surface area contributed by atoms with E-state index in [1.165, 1.54) is 17.7 Å². The first-order chi connectivity index (χ1) is 9.20. The SMILES string of the molecule is CCCNCc1ccc(Cl)cc1-c1ccc(F)cc1. The molecule has 1 nitrogen and oxygen atoms in total. The molecule has 0 bridgehead atoms. The lowest BCUT2D eigenvalue weighted by atomic mass is 9.99. The number of rotatable bonds is 5. The maximum absolute atomic E-state index is 13.0. The first-order valence-corrected chi connectivity index (χ1v) is 6.83. The topological polar surface area (TPSA) is 12.0 Å². The van der Waals surface area contributed by atoms with Gasteiger partial charge in [-0.1, -0.05) is 36.7 Å². The van der Waals surface area contributed by atoms with Crippen LogP contribution in [-0.2, 0) is 6.54 Å². The van der Waals surface area contributed by atoms with Gasteiger partial charge in [0.15, 0.2) is 0 Å². The third-order valence-corrected chi connectivity index (χ3v) is 3.20. The second-order valence-electron chi connectivity index (χ2n) is 4.49. The monoisotopic (exact) mass is 277 g/mol. The van der Waals surface area contributed by atoms with Crippen LogP contribution in [0.4, 0.5) is 4.39 Å². The zero-order valence-corrected chi connectivity index (χ0v) is 11.7. The van der Waals surface area contributed by atoms with Gasteiger partial charge in [-0.3, -0.25) is 0 Å². The number of hydrogen-bond donors (Lipinski definition) is 1. The van der Waals surface area contributed by atoms with Crippen molar-refractivity contribution in [1.82, 2.24) is 5.32 Å². The fourth-order valence-corrected chi connectivity index (χ4v) is 2.17. The van der Waals surface area contributed by atoms with E-state index >= 15 is 0 Å². The molecule has 0 aliphatic heterocycles. The van der Waals surface area contributed by atoms with E-state index in [9.17, 15) is 4.39 Å². The standard InChI is InChI=1S/C16H17ClFN/c1-2-9-19-11-13-3-6-14(17)10-16(13)12-4-7-15(18)8-5-12/h3-8,10,19H,2,9,11H2,1H3. The van der Waals surface area contributed by atoms with Crippen LogP contribution in [0.25, 0.3) is 11.1 Å². The van der Waals surface area contributed by atoms with Gasteiger partial charge in [0, 0.05) is 11.6 Å². The molecular formula is C16H17ClFN. The summed E-state index contributed by atoms with van der Waals surface area (Å²) in [6, 6.07) is 12.3. The molecule has 2 aromatic carbocycles. The van der Waals surface area contributed by atoms with Crippen LogP contribution in [0.2, 0.25) is 5.02 Å². The van der Waals surface area contributed by atoms with Crippen molar-refractivity contribution < 1.29 is 4.39 Å². The van der Waals surface area contributed by atoms with Gasteiger partial charge >= 0.3 is 0 Å². The van der Waals surface area contributed by atoms with Crippen molar-refractivity contribution in [2.75, 3.05) is 6.54 Å². The predicted octanol–water partition coefficient (Wildman–Crippen LogP) is 4.65. The van der Waals surface area contributed by atoms with Crippen molar-refractivity contribution in [1.29, 1.82) is 0 Å². The molecule has 0 atom stereocenters. The summed E-state index contributed by atoms with van der Waals surface area (Å²) in [6.45, 7) is 3.90. The summed E-state index contributed by atoms with van der Waals surface area (Å²) in [6.07, 6.45) is 1.10. The molecule has 0 saturated heterocycles. The molecule has 0 aliphatic carbocycles. The van der Waals surface area contributed by atoms with Gasteiger partial charge in [0.05, 0.1) is 0 Å². The van der Waals surface area contributed by atoms with E-state index in [0.29, 0.717) is 5.02 Å². The van der Waals surface area contributed by atoms with Gasteiger partial charge in [0.2, 0.25) is 0 Å². The van der Waals surface area contributed by atoms with Crippen LogP contribution in [-0.4, -0.2) is 6.54 Å². The van der Waals surface area contributed by atoms with E-state index in [-0.39, 0.29) is 5.82 Å². The Morgan fingerprint density at radius 2 is 1.84 bits per heavy atom. The molecule has 19 heavy (non-hydrogen) atoms. The van der Waals surface area contributed by atoms with Crippen LogP contribution < -0.4 is 5.32 Å². The van der Waals surface area contributed by atoms with E-state index in [1.807, 2.05) is 18.2 Å². The quantitative estimate of drug-likeness (QED) is 0.785. The second kappa shape index (κ2) is 6.69. The average Bonchev–Trinajstić information content (AvgIpc) is 2.41. The number of nitrogens with one attached hydrogen (secondary N) is 1. The Morgan fingerprint density at radius 1 is 1.11 bits per heavy atom. The molecule has 0 spiro atoms. The summed E-state index contributed by atoms with van der Waals surface area (Å²) < 4.78 is 13.0. The Morgan fingerprint density at radius 3 is 2.53 bits per heavy atom. The highest BCUT2D eigenvalue weighted by atomic mass is 35.5. The lowest BCUT2D eigenvalue weighted by Crippen LogP contribution is -2.14. The normalized spacial score (nSPS) is 10.7. The lowest BCUT2D eigenvalue weighted by molar-refractivity contribution is 0.628. The van der Waals surface area contributed by atoms with E-state index in [0.717, 1.165) is 30.6 Å². The largest absolute Gasteiger partial charge is 0.313 e. The van der Waals surface area contributed by atoms with E-state index < -0.39 is 0 Å². The van der Waals surface area contributed by atoms with Gasteiger partial charge in [0.25, 0.3) is 0 Å². The van der Waals surface area contributed by atoms with Crippen LogP contribution in [0.5, 0.6) is 0 Å². The molecular weight excluding hydrogens is 261 g/mol. The minimum absolute atomic E-state index is 0.226. The van der Waals surface area contributed by atoms with Crippen LogP contribution >= 0.6 is 11.6 Å². The van der Waals surface area contributed by atoms with E-state index in [4.69, 9.17) is 11.6 Å². The summed E-state index contributed by atoms with van der Waals surface area (Å²) in [4.78, 5) is 0. The van der Waals surface area contributed by atoms with Gasteiger partial charge in [-0.2, -0.15) is 0 Å². The highest BCUT2D eigenvalue weighted by Crippen LogP contribution is 2.27. The highest BCUT2D eigenvalue weighted by Gasteiger charge is 2.06. The lowest BCUT2D eigenvalue weighted by Gasteiger charge is -2.11. The van der Waals surface area contributed by atoms with Gasteiger partial charge in [-0.25, -0.2) is 4.39 Å². The molecule has 0 aliphatic rings. The Labute approximate surface area is 118 Å². The molecule has 2 aromatic rings. The number of benzene rings is 2. The van der Waals surface area contributed by atoms with E-state index in [1.54, 1.807) is 12.1 Å². The number of halogens is 2.